The Morgan fingerprint density at radius 2 is 1.71 bits per heavy atom. The molecule has 35 heavy (non-hydrogen) atoms. The lowest BCUT2D eigenvalue weighted by Gasteiger charge is -2.34. The van der Waals surface area contributed by atoms with Crippen molar-refractivity contribution in [3.8, 4) is 5.69 Å². The highest BCUT2D eigenvalue weighted by Gasteiger charge is 2.41. The molecule has 2 aromatic rings. The van der Waals surface area contributed by atoms with Crippen LogP contribution < -0.4 is 5.32 Å². The Morgan fingerprint density at radius 3 is 2.29 bits per heavy atom. The minimum atomic E-state index is -4.85. The van der Waals surface area contributed by atoms with Crippen LogP contribution in [0.15, 0.2) is 30.5 Å². The Balaban J connectivity index is 1.68. The molecule has 1 aromatic carbocycles. The number of nitrogens with zero attached hydrogens (tertiary/aromatic N) is 4. The minimum Gasteiger partial charge on any atom is -0.462 e. The van der Waals surface area contributed by atoms with E-state index in [4.69, 9.17) is 4.74 Å². The molecule has 190 valence electrons. The van der Waals surface area contributed by atoms with Crippen molar-refractivity contribution >= 4 is 17.8 Å². The van der Waals surface area contributed by atoms with Gasteiger partial charge >= 0.3 is 12.1 Å². The minimum absolute atomic E-state index is 0.0485. The van der Waals surface area contributed by atoms with Crippen LogP contribution in [0.5, 0.6) is 0 Å². The highest BCUT2D eigenvalue weighted by molar-refractivity contribution is 5.94. The summed E-state index contributed by atoms with van der Waals surface area (Å²) in [6.07, 6.45) is -3.17. The van der Waals surface area contributed by atoms with Crippen LogP contribution in [0.4, 0.5) is 13.2 Å². The third-order valence-corrected chi connectivity index (χ3v) is 5.49. The van der Waals surface area contributed by atoms with Gasteiger partial charge in [0.15, 0.2) is 5.69 Å². The molecule has 1 fully saturated rings. The molecular weight excluding hydrogens is 467 g/mol. The predicted octanol–water partition coefficient (Wildman–Crippen LogP) is 2.35. The number of ether oxygens (including phenoxy) is 1. The maximum atomic E-state index is 13.7. The summed E-state index contributed by atoms with van der Waals surface area (Å²) in [6, 6.07) is 5.54. The van der Waals surface area contributed by atoms with Gasteiger partial charge in [0.1, 0.15) is 5.56 Å². The Kier molecular flexibility index (Phi) is 8.49. The summed E-state index contributed by atoms with van der Waals surface area (Å²) in [4.78, 5) is 40.3. The predicted molar refractivity (Wildman–Crippen MR) is 120 cm³/mol. The third kappa shape index (κ3) is 6.38. The molecule has 1 aromatic heterocycles. The quantitative estimate of drug-likeness (QED) is 0.565. The van der Waals surface area contributed by atoms with Crippen LogP contribution in [0, 0.1) is 0 Å². The van der Waals surface area contributed by atoms with E-state index in [1.54, 1.807) is 4.90 Å². The molecule has 3 rings (SSSR count). The number of benzene rings is 1. The fraction of sp³-hybridized carbons (Fsp3) is 0.478. The first-order valence-corrected chi connectivity index (χ1v) is 11.4. The summed E-state index contributed by atoms with van der Waals surface area (Å²) in [5.74, 6) is -1.42. The third-order valence-electron chi connectivity index (χ3n) is 5.49. The molecule has 2 heterocycles. The second-order valence-corrected chi connectivity index (χ2v) is 8.00. The van der Waals surface area contributed by atoms with Gasteiger partial charge in [-0.2, -0.15) is 18.3 Å². The van der Waals surface area contributed by atoms with Crippen molar-refractivity contribution in [2.75, 3.05) is 45.9 Å². The molecular formula is C23H28F3N5O4. The van der Waals surface area contributed by atoms with Gasteiger partial charge in [-0.05, 0) is 37.6 Å². The van der Waals surface area contributed by atoms with Crippen LogP contribution in [-0.2, 0) is 15.7 Å². The van der Waals surface area contributed by atoms with Crippen molar-refractivity contribution in [3.05, 3.63) is 47.3 Å². The van der Waals surface area contributed by atoms with Crippen molar-refractivity contribution in [2.45, 2.75) is 26.4 Å². The number of carbonyl (C=O) groups is 3. The van der Waals surface area contributed by atoms with E-state index in [0.717, 1.165) is 12.6 Å². The second kappa shape index (κ2) is 11.3. The van der Waals surface area contributed by atoms with Crippen molar-refractivity contribution in [3.63, 3.8) is 0 Å². The number of hydrogen-bond donors (Lipinski definition) is 1. The van der Waals surface area contributed by atoms with Crippen LogP contribution in [0.25, 0.3) is 5.69 Å². The smallest absolute Gasteiger partial charge is 0.434 e. The second-order valence-electron chi connectivity index (χ2n) is 8.00. The fourth-order valence-electron chi connectivity index (χ4n) is 3.74. The van der Waals surface area contributed by atoms with E-state index in [2.05, 4.69) is 10.4 Å². The first kappa shape index (κ1) is 26.2. The van der Waals surface area contributed by atoms with E-state index in [1.807, 2.05) is 11.8 Å². The van der Waals surface area contributed by atoms with Gasteiger partial charge in [-0.15, -0.1) is 0 Å². The van der Waals surface area contributed by atoms with E-state index in [1.165, 1.54) is 31.2 Å². The number of carbonyl (C=O) groups excluding carboxylic acids is 3. The number of hydrogen-bond acceptors (Lipinski definition) is 6. The van der Waals surface area contributed by atoms with Gasteiger partial charge in [0, 0.05) is 38.3 Å². The molecule has 1 saturated heterocycles. The van der Waals surface area contributed by atoms with Crippen molar-refractivity contribution < 1.29 is 32.3 Å². The summed E-state index contributed by atoms with van der Waals surface area (Å²) in [5.41, 5.74) is -1.56. The van der Waals surface area contributed by atoms with Gasteiger partial charge in [0.05, 0.1) is 25.0 Å². The molecule has 2 amide bonds. The zero-order valence-electron chi connectivity index (χ0n) is 19.6. The molecule has 0 atom stereocenters. The molecule has 1 aliphatic rings. The molecule has 0 unspecified atom stereocenters. The van der Waals surface area contributed by atoms with E-state index >= 15 is 0 Å². The Bertz CT molecular complexity index is 1040. The Hall–Kier alpha value is -3.41. The van der Waals surface area contributed by atoms with Crippen LogP contribution >= 0.6 is 0 Å². The zero-order chi connectivity index (χ0) is 25.6. The molecule has 0 aliphatic carbocycles. The topological polar surface area (TPSA) is 96.8 Å². The number of nitrogens with one attached hydrogen (secondary N) is 1. The lowest BCUT2D eigenvalue weighted by atomic mass is 10.1. The lowest BCUT2D eigenvalue weighted by Crippen LogP contribution is -2.51. The van der Waals surface area contributed by atoms with Gasteiger partial charge in [0.2, 0.25) is 5.91 Å². The summed E-state index contributed by atoms with van der Waals surface area (Å²) < 4.78 is 46.4. The van der Waals surface area contributed by atoms with Gasteiger partial charge in [-0.25, -0.2) is 9.48 Å². The van der Waals surface area contributed by atoms with Crippen molar-refractivity contribution in [1.82, 2.24) is 24.9 Å². The Labute approximate surface area is 200 Å². The molecule has 9 nitrogen and oxygen atoms in total. The van der Waals surface area contributed by atoms with Gasteiger partial charge in [-0.3, -0.25) is 14.5 Å². The summed E-state index contributed by atoms with van der Waals surface area (Å²) >= 11 is 0. The standard InChI is InChI=1S/C23H28F3N5O4/c1-3-9-27-19(32)15-29-10-12-30(13-11-29)21(33)16-5-7-17(8-6-16)31-20(23(24,25)26)18(14-28-31)22(34)35-4-2/h5-8,14H,3-4,9-13,15H2,1-2H3,(H,27,32). The SMILES string of the molecule is CCCNC(=O)CN1CCN(C(=O)c2ccc(-n3ncc(C(=O)OCC)c3C(F)(F)F)cc2)CC1. The molecule has 1 aliphatic heterocycles. The highest BCUT2D eigenvalue weighted by Crippen LogP contribution is 2.34. The first-order chi connectivity index (χ1) is 16.7. The average molecular weight is 496 g/mol. The summed E-state index contributed by atoms with van der Waals surface area (Å²) in [5, 5.41) is 6.55. The summed E-state index contributed by atoms with van der Waals surface area (Å²) in [6.45, 7) is 6.25. The highest BCUT2D eigenvalue weighted by atomic mass is 19.4. The van der Waals surface area contributed by atoms with E-state index in [0.29, 0.717) is 43.0 Å². The van der Waals surface area contributed by atoms with Gasteiger partial charge in [-0.1, -0.05) is 6.92 Å². The first-order valence-electron chi connectivity index (χ1n) is 11.4. The fourth-order valence-corrected chi connectivity index (χ4v) is 3.74. The van der Waals surface area contributed by atoms with Gasteiger partial charge in [0.25, 0.3) is 5.91 Å². The van der Waals surface area contributed by atoms with Crippen LogP contribution in [0.3, 0.4) is 0 Å². The van der Waals surface area contributed by atoms with Gasteiger partial charge < -0.3 is 15.0 Å². The lowest BCUT2D eigenvalue weighted by molar-refractivity contribution is -0.143. The molecule has 0 radical (unpaired) electrons. The molecule has 1 N–H and O–H groups in total. The number of amides is 2. The molecule has 12 heteroatoms. The number of rotatable bonds is 8. The number of piperazine rings is 1. The average Bonchev–Trinajstić information content (AvgIpc) is 3.29. The molecule has 0 saturated carbocycles. The largest absolute Gasteiger partial charge is 0.462 e. The maximum Gasteiger partial charge on any atom is 0.434 e. The molecule has 0 bridgehead atoms. The number of aromatic nitrogens is 2. The number of esters is 1. The molecule has 0 spiro atoms. The monoisotopic (exact) mass is 495 g/mol. The number of halogens is 3. The Morgan fingerprint density at radius 1 is 1.06 bits per heavy atom. The normalized spacial score (nSPS) is 14.6. The van der Waals surface area contributed by atoms with Crippen molar-refractivity contribution in [2.24, 2.45) is 0 Å². The number of alkyl halides is 3. The van der Waals surface area contributed by atoms with Crippen molar-refractivity contribution in [1.29, 1.82) is 0 Å². The summed E-state index contributed by atoms with van der Waals surface area (Å²) in [7, 11) is 0. The van der Waals surface area contributed by atoms with E-state index in [-0.39, 0.29) is 30.7 Å². The van der Waals surface area contributed by atoms with E-state index < -0.39 is 23.4 Å². The van der Waals surface area contributed by atoms with Crippen LogP contribution in [0.2, 0.25) is 0 Å². The van der Waals surface area contributed by atoms with Crippen LogP contribution in [-0.4, -0.2) is 83.2 Å². The maximum absolute atomic E-state index is 13.7. The van der Waals surface area contributed by atoms with Crippen LogP contribution in [0.1, 0.15) is 46.7 Å². The van der Waals surface area contributed by atoms with E-state index in [9.17, 15) is 27.6 Å². The zero-order valence-corrected chi connectivity index (χ0v) is 19.6.